The monoisotopic (exact) mass is 253 g/mol. The molecule has 1 aliphatic heterocycles. The first kappa shape index (κ1) is 14.3. The molecule has 0 radical (unpaired) electrons. The predicted octanol–water partition coefficient (Wildman–Crippen LogP) is 1.93. The van der Waals surface area contributed by atoms with Crippen LogP contribution in [0.15, 0.2) is 0 Å². The second-order valence-electron chi connectivity index (χ2n) is 6.29. The van der Waals surface area contributed by atoms with Crippen LogP contribution >= 0.6 is 0 Å². The van der Waals surface area contributed by atoms with Crippen molar-refractivity contribution in [2.45, 2.75) is 57.5 Å². The first-order chi connectivity index (χ1) is 8.75. The molecule has 0 aromatic carbocycles. The van der Waals surface area contributed by atoms with Crippen LogP contribution in [0.25, 0.3) is 0 Å². The lowest BCUT2D eigenvalue weighted by Crippen LogP contribution is -2.50. The molecule has 3 nitrogen and oxygen atoms in total. The molecule has 106 valence electrons. The number of hydrogen-bond acceptors (Lipinski definition) is 3. The lowest BCUT2D eigenvalue weighted by Gasteiger charge is -2.38. The largest absolute Gasteiger partial charge is 0.314 e. The van der Waals surface area contributed by atoms with Gasteiger partial charge in [-0.2, -0.15) is 0 Å². The molecule has 0 aromatic heterocycles. The summed E-state index contributed by atoms with van der Waals surface area (Å²) in [7, 11) is 2.24. The number of piperazine rings is 1. The maximum absolute atomic E-state index is 3.59. The van der Waals surface area contributed by atoms with E-state index >= 15 is 0 Å². The Labute approximate surface area is 113 Å². The normalized spacial score (nSPS) is 26.7. The summed E-state index contributed by atoms with van der Waals surface area (Å²) in [5, 5.41) is 3.59. The number of nitrogens with one attached hydrogen (secondary N) is 1. The molecule has 0 aromatic rings. The highest BCUT2D eigenvalue weighted by Crippen LogP contribution is 2.18. The van der Waals surface area contributed by atoms with Crippen molar-refractivity contribution in [2.75, 3.05) is 39.8 Å². The van der Waals surface area contributed by atoms with E-state index in [-0.39, 0.29) is 0 Å². The molecule has 1 saturated carbocycles. The van der Waals surface area contributed by atoms with E-state index in [9.17, 15) is 0 Å². The molecule has 1 aliphatic carbocycles. The fourth-order valence-electron chi connectivity index (χ4n) is 2.90. The Morgan fingerprint density at radius 2 is 1.83 bits per heavy atom. The van der Waals surface area contributed by atoms with Crippen LogP contribution in [0.5, 0.6) is 0 Å². The highest BCUT2D eigenvalue weighted by molar-refractivity contribution is 4.80. The van der Waals surface area contributed by atoms with Gasteiger partial charge in [0, 0.05) is 31.7 Å². The molecular weight excluding hydrogens is 222 g/mol. The van der Waals surface area contributed by atoms with Crippen molar-refractivity contribution in [1.29, 1.82) is 0 Å². The number of likely N-dealkylation sites (N-methyl/N-ethyl adjacent to an activating group) is 1. The third-order valence-electron chi connectivity index (χ3n) is 4.35. The van der Waals surface area contributed by atoms with E-state index in [1.54, 1.807) is 0 Å². The van der Waals surface area contributed by atoms with Gasteiger partial charge in [0.15, 0.2) is 0 Å². The van der Waals surface area contributed by atoms with Crippen LogP contribution in [0.2, 0.25) is 0 Å². The standard InChI is InChI=1S/C15H31N3/c1-14-13-17(2)11-12-18(14)10-6-4-3-5-9-16-15-7-8-15/h14-16H,3-13H2,1-2H3. The average Bonchev–Trinajstić information content (AvgIpc) is 3.14. The van der Waals surface area contributed by atoms with E-state index < -0.39 is 0 Å². The predicted molar refractivity (Wildman–Crippen MR) is 78.0 cm³/mol. The minimum Gasteiger partial charge on any atom is -0.314 e. The Hall–Kier alpha value is -0.120. The van der Waals surface area contributed by atoms with Crippen molar-refractivity contribution >= 4 is 0 Å². The molecule has 3 heteroatoms. The summed E-state index contributed by atoms with van der Waals surface area (Å²) in [5.41, 5.74) is 0. The van der Waals surface area contributed by atoms with E-state index in [0.29, 0.717) is 0 Å². The molecule has 0 amide bonds. The molecule has 0 spiro atoms. The van der Waals surface area contributed by atoms with Crippen LogP contribution in [-0.2, 0) is 0 Å². The molecule has 1 N–H and O–H groups in total. The molecule has 1 atom stereocenters. The SMILES string of the molecule is CC1CN(C)CCN1CCCCCCNC1CC1. The van der Waals surface area contributed by atoms with Crippen LogP contribution in [0.4, 0.5) is 0 Å². The van der Waals surface area contributed by atoms with E-state index in [1.807, 2.05) is 0 Å². The topological polar surface area (TPSA) is 18.5 Å². The zero-order valence-corrected chi connectivity index (χ0v) is 12.3. The van der Waals surface area contributed by atoms with Crippen LogP contribution in [-0.4, -0.2) is 61.7 Å². The molecule has 2 rings (SSSR count). The van der Waals surface area contributed by atoms with Gasteiger partial charge in [0.1, 0.15) is 0 Å². The summed E-state index contributed by atoms with van der Waals surface area (Å²) in [5.74, 6) is 0. The van der Waals surface area contributed by atoms with Gasteiger partial charge in [0.05, 0.1) is 0 Å². The Morgan fingerprint density at radius 1 is 1.06 bits per heavy atom. The molecule has 2 aliphatic rings. The van der Waals surface area contributed by atoms with Gasteiger partial charge in [-0.1, -0.05) is 12.8 Å². The molecule has 1 saturated heterocycles. The summed E-state index contributed by atoms with van der Waals surface area (Å²) in [4.78, 5) is 5.12. The minimum absolute atomic E-state index is 0.750. The Balaban J connectivity index is 1.42. The van der Waals surface area contributed by atoms with Gasteiger partial charge in [0.2, 0.25) is 0 Å². The van der Waals surface area contributed by atoms with Crippen molar-refractivity contribution in [3.8, 4) is 0 Å². The van der Waals surface area contributed by atoms with Gasteiger partial charge in [-0.25, -0.2) is 0 Å². The number of rotatable bonds is 8. The summed E-state index contributed by atoms with van der Waals surface area (Å²) >= 11 is 0. The van der Waals surface area contributed by atoms with Gasteiger partial charge < -0.3 is 10.2 Å². The minimum atomic E-state index is 0.750. The van der Waals surface area contributed by atoms with Crippen LogP contribution in [0.3, 0.4) is 0 Å². The van der Waals surface area contributed by atoms with Gasteiger partial charge >= 0.3 is 0 Å². The molecule has 2 fully saturated rings. The van der Waals surface area contributed by atoms with Crippen molar-refractivity contribution < 1.29 is 0 Å². The third-order valence-corrected chi connectivity index (χ3v) is 4.35. The van der Waals surface area contributed by atoms with Crippen LogP contribution < -0.4 is 5.32 Å². The number of hydrogen-bond donors (Lipinski definition) is 1. The molecule has 1 unspecified atom stereocenters. The highest BCUT2D eigenvalue weighted by atomic mass is 15.3. The van der Waals surface area contributed by atoms with Crippen LogP contribution in [0, 0.1) is 0 Å². The summed E-state index contributed by atoms with van der Waals surface area (Å²) in [6.45, 7) is 8.68. The smallest absolute Gasteiger partial charge is 0.0195 e. The van der Waals surface area contributed by atoms with E-state index in [4.69, 9.17) is 0 Å². The fraction of sp³-hybridized carbons (Fsp3) is 1.00. The van der Waals surface area contributed by atoms with E-state index in [0.717, 1.165) is 12.1 Å². The summed E-state index contributed by atoms with van der Waals surface area (Å²) in [6.07, 6.45) is 8.40. The number of unbranched alkanes of at least 4 members (excludes halogenated alkanes) is 3. The van der Waals surface area contributed by atoms with E-state index in [1.165, 1.54) is 71.2 Å². The number of nitrogens with zero attached hydrogens (tertiary/aromatic N) is 2. The lowest BCUT2D eigenvalue weighted by molar-refractivity contribution is 0.0984. The lowest BCUT2D eigenvalue weighted by atomic mass is 10.1. The zero-order chi connectivity index (χ0) is 12.8. The fourth-order valence-corrected chi connectivity index (χ4v) is 2.90. The first-order valence-electron chi connectivity index (χ1n) is 7.91. The van der Waals surface area contributed by atoms with Crippen molar-refractivity contribution in [2.24, 2.45) is 0 Å². The highest BCUT2D eigenvalue weighted by Gasteiger charge is 2.20. The summed E-state index contributed by atoms with van der Waals surface area (Å²) in [6, 6.07) is 1.64. The van der Waals surface area contributed by atoms with Gasteiger partial charge in [-0.15, -0.1) is 0 Å². The molecule has 0 bridgehead atoms. The van der Waals surface area contributed by atoms with Crippen molar-refractivity contribution in [3.05, 3.63) is 0 Å². The van der Waals surface area contributed by atoms with Crippen LogP contribution in [0.1, 0.15) is 45.4 Å². The second-order valence-corrected chi connectivity index (χ2v) is 6.29. The summed E-state index contributed by atoms with van der Waals surface area (Å²) < 4.78 is 0. The maximum atomic E-state index is 3.59. The quantitative estimate of drug-likeness (QED) is 0.667. The maximum Gasteiger partial charge on any atom is 0.0195 e. The second kappa shape index (κ2) is 7.46. The Kier molecular flexibility index (Phi) is 5.93. The zero-order valence-electron chi connectivity index (χ0n) is 12.3. The third kappa shape index (κ3) is 5.25. The molecule has 18 heavy (non-hydrogen) atoms. The van der Waals surface area contributed by atoms with Gasteiger partial charge in [-0.3, -0.25) is 4.90 Å². The van der Waals surface area contributed by atoms with Crippen molar-refractivity contribution in [1.82, 2.24) is 15.1 Å². The first-order valence-corrected chi connectivity index (χ1v) is 7.91. The molecule has 1 heterocycles. The van der Waals surface area contributed by atoms with Gasteiger partial charge in [-0.05, 0) is 52.7 Å². The van der Waals surface area contributed by atoms with Gasteiger partial charge in [0.25, 0.3) is 0 Å². The van der Waals surface area contributed by atoms with E-state index in [2.05, 4.69) is 29.1 Å². The molecular formula is C15H31N3. The Morgan fingerprint density at radius 3 is 2.56 bits per heavy atom. The Bertz CT molecular complexity index is 228. The average molecular weight is 253 g/mol. The van der Waals surface area contributed by atoms with Crippen molar-refractivity contribution in [3.63, 3.8) is 0 Å².